The molecular formula is C20H15ClN4O2. The summed E-state index contributed by atoms with van der Waals surface area (Å²) in [5, 5.41) is 13.7. The topological polar surface area (TPSA) is 83.0 Å². The largest absolute Gasteiger partial charge is 0.334 e. The molecule has 1 unspecified atom stereocenters. The molecule has 2 heterocycles. The summed E-state index contributed by atoms with van der Waals surface area (Å²) in [6.07, 6.45) is 0.309. The second-order valence-electron chi connectivity index (χ2n) is 6.49. The van der Waals surface area contributed by atoms with Crippen molar-refractivity contribution in [2.45, 2.75) is 19.3 Å². The van der Waals surface area contributed by atoms with Gasteiger partial charge in [0, 0.05) is 35.2 Å². The third kappa shape index (κ3) is 3.29. The molecule has 0 N–H and O–H groups in total. The molecular weight excluding hydrogens is 364 g/mol. The zero-order valence-corrected chi connectivity index (χ0v) is 15.3. The number of rotatable bonds is 3. The van der Waals surface area contributed by atoms with Crippen LogP contribution in [0.3, 0.4) is 0 Å². The molecule has 1 fully saturated rings. The lowest BCUT2D eigenvalue weighted by molar-refractivity contribution is -0.117. The summed E-state index contributed by atoms with van der Waals surface area (Å²) in [5.74, 6) is 0.672. The first kappa shape index (κ1) is 17.3. The van der Waals surface area contributed by atoms with Gasteiger partial charge in [0.05, 0.1) is 11.6 Å². The summed E-state index contributed by atoms with van der Waals surface area (Å²) < 4.78 is 5.36. The number of anilines is 1. The van der Waals surface area contributed by atoms with Crippen LogP contribution in [0.5, 0.6) is 0 Å². The SMILES string of the molecule is Cc1ccc(Cl)cc1N1CC(c2noc(-c3cccc(C#N)c3)n2)CC1=O. The van der Waals surface area contributed by atoms with Crippen molar-refractivity contribution in [2.24, 2.45) is 0 Å². The highest BCUT2D eigenvalue weighted by Gasteiger charge is 2.35. The number of aromatic nitrogens is 2. The van der Waals surface area contributed by atoms with E-state index in [9.17, 15) is 4.79 Å². The standard InChI is InChI=1S/C20H15ClN4O2/c1-12-5-6-16(21)9-17(12)25-11-15(8-18(25)26)19-23-20(27-24-19)14-4-2-3-13(7-14)10-22/h2-7,9,15H,8,11H2,1H3. The van der Waals surface area contributed by atoms with Gasteiger partial charge in [0.1, 0.15) is 0 Å². The zero-order valence-electron chi connectivity index (χ0n) is 14.5. The Balaban J connectivity index is 1.59. The van der Waals surface area contributed by atoms with Crippen LogP contribution in [-0.4, -0.2) is 22.6 Å². The quantitative estimate of drug-likeness (QED) is 0.685. The number of aryl methyl sites for hydroxylation is 1. The van der Waals surface area contributed by atoms with Gasteiger partial charge in [-0.3, -0.25) is 4.79 Å². The van der Waals surface area contributed by atoms with Crippen LogP contribution >= 0.6 is 11.6 Å². The molecule has 0 saturated carbocycles. The van der Waals surface area contributed by atoms with E-state index in [2.05, 4.69) is 16.2 Å². The number of halogens is 1. The Kier molecular flexibility index (Phi) is 4.38. The highest BCUT2D eigenvalue weighted by molar-refractivity contribution is 6.31. The van der Waals surface area contributed by atoms with E-state index < -0.39 is 0 Å². The summed E-state index contributed by atoms with van der Waals surface area (Å²) in [6.45, 7) is 2.41. The van der Waals surface area contributed by atoms with Gasteiger partial charge in [0.25, 0.3) is 5.89 Å². The number of amides is 1. The first-order chi connectivity index (χ1) is 13.0. The van der Waals surface area contributed by atoms with Crippen LogP contribution in [0.25, 0.3) is 11.5 Å². The second kappa shape index (κ2) is 6.86. The van der Waals surface area contributed by atoms with Crippen molar-refractivity contribution >= 4 is 23.2 Å². The van der Waals surface area contributed by atoms with Crippen LogP contribution in [0, 0.1) is 18.3 Å². The average molecular weight is 379 g/mol. The van der Waals surface area contributed by atoms with Crippen molar-refractivity contribution in [1.29, 1.82) is 5.26 Å². The fourth-order valence-electron chi connectivity index (χ4n) is 3.23. The molecule has 0 radical (unpaired) electrons. The number of nitriles is 1. The first-order valence-electron chi connectivity index (χ1n) is 8.46. The lowest BCUT2D eigenvalue weighted by Crippen LogP contribution is -2.25. The molecule has 2 aromatic carbocycles. The van der Waals surface area contributed by atoms with Gasteiger partial charge in [-0.25, -0.2) is 0 Å². The summed E-state index contributed by atoms with van der Waals surface area (Å²) in [4.78, 5) is 18.7. The Morgan fingerprint density at radius 2 is 2.15 bits per heavy atom. The van der Waals surface area contributed by atoms with Gasteiger partial charge >= 0.3 is 0 Å². The van der Waals surface area contributed by atoms with Crippen LogP contribution in [0.15, 0.2) is 47.0 Å². The highest BCUT2D eigenvalue weighted by Crippen LogP contribution is 2.34. The number of hydrogen-bond donors (Lipinski definition) is 0. The van der Waals surface area contributed by atoms with E-state index in [1.165, 1.54) is 0 Å². The minimum atomic E-state index is -0.160. The maximum Gasteiger partial charge on any atom is 0.257 e. The van der Waals surface area contributed by atoms with Crippen molar-refractivity contribution in [1.82, 2.24) is 10.1 Å². The number of carbonyl (C=O) groups is 1. The van der Waals surface area contributed by atoms with E-state index in [-0.39, 0.29) is 11.8 Å². The number of benzene rings is 2. The van der Waals surface area contributed by atoms with Gasteiger partial charge in [-0.2, -0.15) is 10.2 Å². The number of carbonyl (C=O) groups excluding carboxylic acids is 1. The van der Waals surface area contributed by atoms with E-state index in [1.54, 1.807) is 41.3 Å². The van der Waals surface area contributed by atoms with Crippen molar-refractivity contribution in [3.05, 3.63) is 64.4 Å². The molecule has 0 aliphatic carbocycles. The third-order valence-electron chi connectivity index (χ3n) is 4.63. The van der Waals surface area contributed by atoms with Crippen molar-refractivity contribution in [3.63, 3.8) is 0 Å². The summed E-state index contributed by atoms with van der Waals surface area (Å²) >= 11 is 6.09. The lowest BCUT2D eigenvalue weighted by atomic mass is 10.1. The fourth-order valence-corrected chi connectivity index (χ4v) is 3.39. The van der Waals surface area contributed by atoms with Gasteiger partial charge in [-0.1, -0.05) is 28.9 Å². The Bertz CT molecular complexity index is 1070. The maximum atomic E-state index is 12.5. The van der Waals surface area contributed by atoms with Crippen LogP contribution in [-0.2, 0) is 4.79 Å². The highest BCUT2D eigenvalue weighted by atomic mass is 35.5. The molecule has 7 heteroatoms. The molecule has 27 heavy (non-hydrogen) atoms. The summed E-state index contributed by atoms with van der Waals surface area (Å²) in [7, 11) is 0. The molecule has 1 saturated heterocycles. The molecule has 1 amide bonds. The van der Waals surface area contributed by atoms with Crippen molar-refractivity contribution in [2.75, 3.05) is 11.4 Å². The smallest absolute Gasteiger partial charge is 0.257 e. The van der Waals surface area contributed by atoms with Gasteiger partial charge < -0.3 is 9.42 Å². The molecule has 1 aliphatic rings. The predicted octanol–water partition coefficient (Wildman–Crippen LogP) is 4.09. The van der Waals surface area contributed by atoms with Crippen LogP contribution in [0.2, 0.25) is 5.02 Å². The Labute approximate surface area is 161 Å². The molecule has 4 rings (SSSR count). The van der Waals surface area contributed by atoms with E-state index in [4.69, 9.17) is 21.4 Å². The minimum absolute atomic E-state index is 0.00296. The van der Waals surface area contributed by atoms with Gasteiger partial charge in [0.15, 0.2) is 5.82 Å². The zero-order chi connectivity index (χ0) is 19.0. The normalized spacial score (nSPS) is 16.6. The fraction of sp³-hybridized carbons (Fsp3) is 0.200. The average Bonchev–Trinajstić information content (AvgIpc) is 3.31. The van der Waals surface area contributed by atoms with Crippen molar-refractivity contribution in [3.8, 4) is 17.5 Å². The third-order valence-corrected chi connectivity index (χ3v) is 4.87. The van der Waals surface area contributed by atoms with Crippen molar-refractivity contribution < 1.29 is 9.32 Å². The van der Waals surface area contributed by atoms with Gasteiger partial charge in [0.2, 0.25) is 5.91 Å². The summed E-state index contributed by atoms with van der Waals surface area (Å²) in [6, 6.07) is 14.6. The maximum absolute atomic E-state index is 12.5. The van der Waals surface area contributed by atoms with Gasteiger partial charge in [-0.05, 0) is 42.8 Å². The number of nitrogens with zero attached hydrogens (tertiary/aromatic N) is 4. The van der Waals surface area contributed by atoms with Crippen LogP contribution in [0.1, 0.15) is 29.3 Å². The molecule has 0 spiro atoms. The molecule has 3 aromatic rings. The summed E-state index contributed by atoms with van der Waals surface area (Å²) in [5.41, 5.74) is 2.99. The molecule has 6 nitrogen and oxygen atoms in total. The molecule has 134 valence electrons. The second-order valence-corrected chi connectivity index (χ2v) is 6.92. The molecule has 1 aliphatic heterocycles. The Hall–Kier alpha value is -3.17. The minimum Gasteiger partial charge on any atom is -0.334 e. The van der Waals surface area contributed by atoms with E-state index in [0.717, 1.165) is 11.3 Å². The lowest BCUT2D eigenvalue weighted by Gasteiger charge is -2.19. The van der Waals surface area contributed by atoms with E-state index >= 15 is 0 Å². The molecule has 1 atom stereocenters. The first-order valence-corrected chi connectivity index (χ1v) is 8.83. The van der Waals surface area contributed by atoms with Gasteiger partial charge in [-0.15, -0.1) is 0 Å². The van der Waals surface area contributed by atoms with Crippen LogP contribution in [0.4, 0.5) is 5.69 Å². The predicted molar refractivity (Wildman–Crippen MR) is 100 cm³/mol. The Morgan fingerprint density at radius 1 is 1.30 bits per heavy atom. The van der Waals surface area contributed by atoms with E-state index in [1.807, 2.05) is 13.0 Å². The molecule has 1 aromatic heterocycles. The van der Waals surface area contributed by atoms with E-state index in [0.29, 0.717) is 40.8 Å². The molecule has 0 bridgehead atoms. The monoisotopic (exact) mass is 378 g/mol. The van der Waals surface area contributed by atoms with Crippen LogP contribution < -0.4 is 4.90 Å². The number of hydrogen-bond acceptors (Lipinski definition) is 5. The Morgan fingerprint density at radius 3 is 2.96 bits per heavy atom.